The van der Waals surface area contributed by atoms with Crippen LogP contribution in [0.4, 0.5) is 0 Å². The molecule has 2 aliphatic rings. The summed E-state index contributed by atoms with van der Waals surface area (Å²) in [6.45, 7) is 4.07. The summed E-state index contributed by atoms with van der Waals surface area (Å²) < 4.78 is 3.96. The van der Waals surface area contributed by atoms with Crippen LogP contribution in [-0.2, 0) is 13.0 Å². The second kappa shape index (κ2) is 7.40. The topological polar surface area (TPSA) is 73.0 Å². The molecule has 0 atom stereocenters. The number of rotatable bonds is 2. The second-order valence-electron chi connectivity index (χ2n) is 8.07. The molecule has 0 unspecified atom stereocenters. The van der Waals surface area contributed by atoms with E-state index in [9.17, 15) is 9.59 Å². The van der Waals surface area contributed by atoms with Gasteiger partial charge in [0.05, 0.1) is 16.6 Å². The van der Waals surface area contributed by atoms with E-state index in [1.54, 1.807) is 6.20 Å². The number of aromatic nitrogens is 4. The lowest BCUT2D eigenvalue weighted by Crippen LogP contribution is -2.38. The highest BCUT2D eigenvalue weighted by Crippen LogP contribution is 2.31. The molecule has 0 aromatic carbocycles. The molecule has 2 aliphatic heterocycles. The van der Waals surface area contributed by atoms with E-state index in [2.05, 4.69) is 9.55 Å². The van der Waals surface area contributed by atoms with Gasteiger partial charge in [-0.2, -0.15) is 0 Å². The minimum absolute atomic E-state index is 0.0264. The molecule has 0 aliphatic carbocycles. The van der Waals surface area contributed by atoms with Gasteiger partial charge in [-0.1, -0.05) is 6.42 Å². The number of piperidine rings is 1. The quantitative estimate of drug-likeness (QED) is 0.649. The second-order valence-corrected chi connectivity index (χ2v) is 9.06. The maximum absolute atomic E-state index is 13.3. The number of fused-ring (bicyclic) bond motifs is 2. The molecule has 5 heterocycles. The molecule has 0 radical (unpaired) electrons. The average molecular weight is 412 g/mol. The molecule has 0 saturated carbocycles. The Morgan fingerprint density at radius 3 is 2.76 bits per heavy atom. The van der Waals surface area contributed by atoms with Crippen LogP contribution >= 0.6 is 11.3 Å². The van der Waals surface area contributed by atoms with Crippen molar-refractivity contribution in [2.45, 2.75) is 58.0 Å². The maximum atomic E-state index is 13.3. The van der Waals surface area contributed by atoms with Gasteiger partial charge >= 0.3 is 0 Å². The summed E-state index contributed by atoms with van der Waals surface area (Å²) in [6.07, 6.45) is 11.5. The lowest BCUT2D eigenvalue weighted by atomic mass is 10.0. The van der Waals surface area contributed by atoms with Gasteiger partial charge in [-0.05, 0) is 38.2 Å². The summed E-state index contributed by atoms with van der Waals surface area (Å²) in [7, 11) is 0. The molecule has 7 nitrogen and oxygen atoms in total. The fourth-order valence-corrected chi connectivity index (χ4v) is 5.77. The van der Waals surface area contributed by atoms with Crippen molar-refractivity contribution in [3.8, 4) is 0 Å². The van der Waals surface area contributed by atoms with Gasteiger partial charge < -0.3 is 9.47 Å². The van der Waals surface area contributed by atoms with Gasteiger partial charge in [0.15, 0.2) is 0 Å². The number of carbonyl (C=O) groups is 1. The molecule has 5 rings (SSSR count). The van der Waals surface area contributed by atoms with E-state index in [1.165, 1.54) is 11.3 Å². The van der Waals surface area contributed by atoms with E-state index in [1.807, 2.05) is 28.9 Å². The van der Waals surface area contributed by atoms with Crippen LogP contribution in [-0.4, -0.2) is 43.0 Å². The van der Waals surface area contributed by atoms with Crippen LogP contribution in [0.15, 0.2) is 23.5 Å². The van der Waals surface area contributed by atoms with Gasteiger partial charge in [-0.3, -0.25) is 14.2 Å². The van der Waals surface area contributed by atoms with Gasteiger partial charge in [-0.25, -0.2) is 9.97 Å². The number of likely N-dealkylation sites (tertiary alicyclic amines) is 1. The number of hydrogen-bond acceptors (Lipinski definition) is 5. The first-order valence-electron chi connectivity index (χ1n) is 10.4. The van der Waals surface area contributed by atoms with E-state index in [0.717, 1.165) is 74.4 Å². The Bertz CT molecular complexity index is 1110. The van der Waals surface area contributed by atoms with Gasteiger partial charge in [0.1, 0.15) is 10.7 Å². The van der Waals surface area contributed by atoms with E-state index >= 15 is 0 Å². The third kappa shape index (κ3) is 3.19. The molecule has 8 heteroatoms. The van der Waals surface area contributed by atoms with Crippen molar-refractivity contribution in [3.63, 3.8) is 0 Å². The van der Waals surface area contributed by atoms with Crippen molar-refractivity contribution >= 4 is 27.5 Å². The summed E-state index contributed by atoms with van der Waals surface area (Å²) in [5.74, 6) is 0.913. The number of hydrogen-bond donors (Lipinski definition) is 0. The zero-order valence-corrected chi connectivity index (χ0v) is 17.5. The van der Waals surface area contributed by atoms with Crippen LogP contribution < -0.4 is 5.56 Å². The van der Waals surface area contributed by atoms with Crippen molar-refractivity contribution in [2.24, 2.45) is 0 Å². The van der Waals surface area contributed by atoms with E-state index in [0.29, 0.717) is 16.3 Å². The van der Waals surface area contributed by atoms with Crippen LogP contribution in [0.5, 0.6) is 0 Å². The number of carbonyl (C=O) groups excluding carboxylic acids is 1. The molecule has 1 fully saturated rings. The summed E-state index contributed by atoms with van der Waals surface area (Å²) >= 11 is 1.39. The first-order chi connectivity index (χ1) is 14.1. The summed E-state index contributed by atoms with van der Waals surface area (Å²) in [4.78, 5) is 38.6. The van der Waals surface area contributed by atoms with Gasteiger partial charge in [0.25, 0.3) is 11.5 Å². The molecule has 152 valence electrons. The highest BCUT2D eigenvalue weighted by Gasteiger charge is 2.28. The third-order valence-electron chi connectivity index (χ3n) is 6.30. The molecule has 3 aromatic heterocycles. The monoisotopic (exact) mass is 411 g/mol. The van der Waals surface area contributed by atoms with Crippen LogP contribution in [0.3, 0.4) is 0 Å². The first kappa shape index (κ1) is 18.5. The predicted octanol–water partition coefficient (Wildman–Crippen LogP) is 3.17. The number of thiophene rings is 1. The van der Waals surface area contributed by atoms with Crippen molar-refractivity contribution in [3.05, 3.63) is 45.3 Å². The molecular weight excluding hydrogens is 386 g/mol. The fraction of sp³-hybridized carbons (Fsp3) is 0.524. The van der Waals surface area contributed by atoms with Crippen LogP contribution in [0, 0.1) is 6.92 Å². The maximum Gasteiger partial charge on any atom is 0.264 e. The molecule has 3 aromatic rings. The average Bonchev–Trinajstić information content (AvgIpc) is 3.31. The lowest BCUT2D eigenvalue weighted by Gasteiger charge is -2.32. The summed E-state index contributed by atoms with van der Waals surface area (Å²) in [5, 5.41) is 0.636. The van der Waals surface area contributed by atoms with Crippen molar-refractivity contribution in [2.75, 3.05) is 13.1 Å². The normalized spacial score (nSPS) is 18.0. The zero-order valence-electron chi connectivity index (χ0n) is 16.6. The van der Waals surface area contributed by atoms with Crippen molar-refractivity contribution in [1.29, 1.82) is 0 Å². The molecule has 0 N–H and O–H groups in total. The van der Waals surface area contributed by atoms with Gasteiger partial charge in [0.2, 0.25) is 0 Å². The van der Waals surface area contributed by atoms with E-state index < -0.39 is 0 Å². The molecule has 1 amide bonds. The SMILES string of the molecule is Cc1c(C(=O)N2CCC(n3ccnc3)CC2)sc2nc3n(c(=O)c12)CCCCC3. The zero-order chi connectivity index (χ0) is 20.0. The molecule has 29 heavy (non-hydrogen) atoms. The van der Waals surface area contributed by atoms with Crippen LogP contribution in [0.2, 0.25) is 0 Å². The third-order valence-corrected chi connectivity index (χ3v) is 7.48. The van der Waals surface area contributed by atoms with Crippen LogP contribution in [0.1, 0.15) is 59.2 Å². The van der Waals surface area contributed by atoms with Crippen LogP contribution in [0.25, 0.3) is 10.2 Å². The highest BCUT2D eigenvalue weighted by atomic mass is 32.1. The standard InChI is InChI=1S/C21H25N5O2S/c1-14-17-19(23-16-5-3-2-4-9-26(16)20(17)27)29-18(14)21(28)24-10-6-15(7-11-24)25-12-8-22-13-25/h8,12-13,15H,2-7,9-11H2,1H3. The minimum atomic E-state index is 0.0264. The molecule has 0 spiro atoms. The smallest absolute Gasteiger partial charge is 0.264 e. The van der Waals surface area contributed by atoms with Gasteiger partial charge in [-0.15, -0.1) is 11.3 Å². The lowest BCUT2D eigenvalue weighted by molar-refractivity contribution is 0.0699. The molecule has 0 bridgehead atoms. The Morgan fingerprint density at radius 1 is 1.17 bits per heavy atom. The number of imidazole rings is 1. The van der Waals surface area contributed by atoms with E-state index in [-0.39, 0.29) is 11.5 Å². The minimum Gasteiger partial charge on any atom is -0.338 e. The van der Waals surface area contributed by atoms with Crippen molar-refractivity contribution < 1.29 is 4.79 Å². The fourth-order valence-electron chi connectivity index (χ4n) is 4.61. The van der Waals surface area contributed by atoms with Crippen molar-refractivity contribution in [1.82, 2.24) is 24.0 Å². The first-order valence-corrected chi connectivity index (χ1v) is 11.2. The molecule has 1 saturated heterocycles. The predicted molar refractivity (Wildman–Crippen MR) is 113 cm³/mol. The Labute approximate surface area is 173 Å². The van der Waals surface area contributed by atoms with Gasteiger partial charge in [0, 0.05) is 44.5 Å². The summed E-state index contributed by atoms with van der Waals surface area (Å²) in [5.41, 5.74) is 0.822. The largest absolute Gasteiger partial charge is 0.338 e. The molecular formula is C21H25N5O2S. The Hall–Kier alpha value is -2.48. The summed E-state index contributed by atoms with van der Waals surface area (Å²) in [6, 6.07) is 0.395. The Morgan fingerprint density at radius 2 is 2.00 bits per heavy atom. The van der Waals surface area contributed by atoms with E-state index in [4.69, 9.17) is 4.98 Å². The number of nitrogens with zero attached hydrogens (tertiary/aromatic N) is 5. The highest BCUT2D eigenvalue weighted by molar-refractivity contribution is 7.20. The number of amides is 1. The Balaban J connectivity index is 1.43. The number of aryl methyl sites for hydroxylation is 2. The Kier molecular flexibility index (Phi) is 4.73.